The fraction of sp³-hybridized carbons (Fsp3) is 0.294. The van der Waals surface area contributed by atoms with Crippen molar-refractivity contribution in [2.45, 2.75) is 4.90 Å². The van der Waals surface area contributed by atoms with E-state index in [9.17, 15) is 8.42 Å². The van der Waals surface area contributed by atoms with Gasteiger partial charge < -0.3 is 9.64 Å². The molecule has 2 aromatic rings. The standard InChI is InChI=1S/C17H19IN2O3S/c1-23-16-4-2-3-15(13-16)19-9-11-20(12-10-19)24(21,22)17-7-5-14(18)6-8-17/h2-8,13H,9-12H2,1H3. The largest absolute Gasteiger partial charge is 0.497 e. The number of benzene rings is 2. The molecule has 1 fully saturated rings. The summed E-state index contributed by atoms with van der Waals surface area (Å²) in [6.07, 6.45) is 0. The molecule has 0 amide bonds. The van der Waals surface area contributed by atoms with Gasteiger partial charge in [-0.25, -0.2) is 8.42 Å². The number of anilines is 1. The summed E-state index contributed by atoms with van der Waals surface area (Å²) in [7, 11) is -1.78. The minimum Gasteiger partial charge on any atom is -0.497 e. The number of piperazine rings is 1. The minimum absolute atomic E-state index is 0.359. The Balaban J connectivity index is 1.71. The van der Waals surface area contributed by atoms with Crippen molar-refractivity contribution in [1.29, 1.82) is 0 Å². The molecule has 0 radical (unpaired) electrons. The van der Waals surface area contributed by atoms with Crippen LogP contribution in [0.2, 0.25) is 0 Å². The Hall–Kier alpha value is -1.32. The summed E-state index contributed by atoms with van der Waals surface area (Å²) >= 11 is 2.17. The van der Waals surface area contributed by atoms with Crippen molar-refractivity contribution in [1.82, 2.24) is 4.31 Å². The van der Waals surface area contributed by atoms with Crippen molar-refractivity contribution >= 4 is 38.3 Å². The molecule has 0 aromatic heterocycles. The Morgan fingerprint density at radius 3 is 2.29 bits per heavy atom. The van der Waals surface area contributed by atoms with Gasteiger partial charge in [0, 0.05) is 41.5 Å². The van der Waals surface area contributed by atoms with Crippen LogP contribution < -0.4 is 9.64 Å². The number of hydrogen-bond donors (Lipinski definition) is 0. The van der Waals surface area contributed by atoms with Crippen LogP contribution >= 0.6 is 22.6 Å². The lowest BCUT2D eigenvalue weighted by molar-refractivity contribution is 0.384. The molecule has 1 aliphatic heterocycles. The van der Waals surface area contributed by atoms with Crippen molar-refractivity contribution in [2.24, 2.45) is 0 Å². The van der Waals surface area contributed by atoms with Gasteiger partial charge in [0.15, 0.2) is 0 Å². The number of nitrogens with zero attached hydrogens (tertiary/aromatic N) is 2. The molecule has 0 aliphatic carbocycles. The second kappa shape index (κ2) is 7.28. The third-order valence-corrected chi connectivity index (χ3v) is 6.74. The van der Waals surface area contributed by atoms with Gasteiger partial charge >= 0.3 is 0 Å². The highest BCUT2D eigenvalue weighted by Crippen LogP contribution is 2.24. The minimum atomic E-state index is -3.42. The van der Waals surface area contributed by atoms with Gasteiger partial charge in [-0.05, 0) is 59.0 Å². The van der Waals surface area contributed by atoms with Crippen LogP contribution in [0.15, 0.2) is 53.4 Å². The molecule has 0 N–H and O–H groups in total. The molecular weight excluding hydrogens is 439 g/mol. The predicted molar refractivity (Wildman–Crippen MR) is 103 cm³/mol. The highest BCUT2D eigenvalue weighted by atomic mass is 127. The van der Waals surface area contributed by atoms with Crippen LogP contribution in [-0.4, -0.2) is 46.0 Å². The Morgan fingerprint density at radius 1 is 1.00 bits per heavy atom. The van der Waals surface area contributed by atoms with E-state index in [-0.39, 0.29) is 0 Å². The Morgan fingerprint density at radius 2 is 1.67 bits per heavy atom. The monoisotopic (exact) mass is 458 g/mol. The molecule has 1 heterocycles. The maximum absolute atomic E-state index is 12.7. The highest BCUT2D eigenvalue weighted by Gasteiger charge is 2.28. The SMILES string of the molecule is COc1cccc(N2CCN(S(=O)(=O)c3ccc(I)cc3)CC2)c1. The lowest BCUT2D eigenvalue weighted by Crippen LogP contribution is -2.48. The summed E-state index contributed by atoms with van der Waals surface area (Å²) in [4.78, 5) is 2.54. The Labute approximate surface area is 156 Å². The maximum atomic E-state index is 12.7. The van der Waals surface area contributed by atoms with Gasteiger partial charge in [-0.2, -0.15) is 4.31 Å². The Kier molecular flexibility index (Phi) is 5.31. The number of hydrogen-bond acceptors (Lipinski definition) is 4. The first-order valence-corrected chi connectivity index (χ1v) is 10.2. The third-order valence-electron chi connectivity index (χ3n) is 4.11. The van der Waals surface area contributed by atoms with Gasteiger partial charge in [0.25, 0.3) is 0 Å². The summed E-state index contributed by atoms with van der Waals surface area (Å²) in [5.74, 6) is 0.807. The molecule has 0 unspecified atom stereocenters. The van der Waals surface area contributed by atoms with Crippen LogP contribution in [0.25, 0.3) is 0 Å². The number of sulfonamides is 1. The van der Waals surface area contributed by atoms with Crippen LogP contribution in [0.3, 0.4) is 0 Å². The van der Waals surface area contributed by atoms with Crippen molar-refractivity contribution in [3.05, 3.63) is 52.1 Å². The molecule has 0 atom stereocenters. The zero-order chi connectivity index (χ0) is 17.2. The molecule has 1 saturated heterocycles. The first-order chi connectivity index (χ1) is 11.5. The summed E-state index contributed by atoms with van der Waals surface area (Å²) in [6.45, 7) is 2.28. The summed E-state index contributed by atoms with van der Waals surface area (Å²) in [5.41, 5.74) is 1.06. The molecule has 128 valence electrons. The van der Waals surface area contributed by atoms with Crippen molar-refractivity contribution < 1.29 is 13.2 Å². The average molecular weight is 458 g/mol. The lowest BCUT2D eigenvalue weighted by Gasteiger charge is -2.35. The van der Waals surface area contributed by atoms with Crippen LogP contribution in [0, 0.1) is 3.57 Å². The summed E-state index contributed by atoms with van der Waals surface area (Å²) in [6, 6.07) is 14.8. The van der Waals surface area contributed by atoms with Crippen LogP contribution in [0.5, 0.6) is 5.75 Å². The van der Waals surface area contributed by atoms with Gasteiger partial charge in [-0.15, -0.1) is 0 Å². The maximum Gasteiger partial charge on any atom is 0.243 e. The molecule has 7 heteroatoms. The van der Waals surface area contributed by atoms with Crippen molar-refractivity contribution in [3.8, 4) is 5.75 Å². The van der Waals surface area contributed by atoms with E-state index in [1.54, 1.807) is 23.5 Å². The molecule has 0 bridgehead atoms. The summed E-state index contributed by atoms with van der Waals surface area (Å²) < 4.78 is 33.3. The normalized spacial score (nSPS) is 16.2. The number of methoxy groups -OCH3 is 1. The fourth-order valence-electron chi connectivity index (χ4n) is 2.75. The number of halogens is 1. The smallest absolute Gasteiger partial charge is 0.243 e. The van der Waals surface area contributed by atoms with Gasteiger partial charge in [0.2, 0.25) is 10.0 Å². The van der Waals surface area contributed by atoms with E-state index >= 15 is 0 Å². The topological polar surface area (TPSA) is 49.9 Å². The molecule has 0 saturated carbocycles. The van der Waals surface area contributed by atoms with E-state index in [2.05, 4.69) is 27.5 Å². The van der Waals surface area contributed by atoms with Crippen LogP contribution in [-0.2, 0) is 10.0 Å². The highest BCUT2D eigenvalue weighted by molar-refractivity contribution is 14.1. The molecule has 3 rings (SSSR count). The van der Waals surface area contributed by atoms with Crippen LogP contribution in [0.4, 0.5) is 5.69 Å². The van der Waals surface area contributed by atoms with Crippen LogP contribution in [0.1, 0.15) is 0 Å². The molecule has 1 aliphatic rings. The van der Waals surface area contributed by atoms with Gasteiger partial charge in [0.1, 0.15) is 5.75 Å². The van der Waals surface area contributed by atoms with E-state index in [4.69, 9.17) is 4.74 Å². The molecule has 5 nitrogen and oxygen atoms in total. The number of rotatable bonds is 4. The molecule has 0 spiro atoms. The van der Waals surface area contributed by atoms with Gasteiger partial charge in [0.05, 0.1) is 12.0 Å². The first kappa shape index (κ1) is 17.5. The first-order valence-electron chi connectivity index (χ1n) is 7.65. The van der Waals surface area contributed by atoms with Crippen molar-refractivity contribution in [2.75, 3.05) is 38.2 Å². The molecule has 2 aromatic carbocycles. The zero-order valence-electron chi connectivity index (χ0n) is 13.4. The quantitative estimate of drug-likeness (QED) is 0.662. The van der Waals surface area contributed by atoms with Gasteiger partial charge in [-0.3, -0.25) is 0 Å². The van der Waals surface area contributed by atoms with E-state index in [0.29, 0.717) is 31.1 Å². The molecule has 24 heavy (non-hydrogen) atoms. The third kappa shape index (κ3) is 3.68. The second-order valence-corrected chi connectivity index (χ2v) is 8.73. The van der Waals surface area contributed by atoms with Crippen molar-refractivity contribution in [3.63, 3.8) is 0 Å². The predicted octanol–water partition coefficient (Wildman–Crippen LogP) is 2.81. The Bertz CT molecular complexity index is 801. The fourth-order valence-corrected chi connectivity index (χ4v) is 4.53. The van der Waals surface area contributed by atoms with E-state index in [0.717, 1.165) is 15.0 Å². The van der Waals surface area contributed by atoms with Gasteiger partial charge in [-0.1, -0.05) is 6.07 Å². The van der Waals surface area contributed by atoms with E-state index in [1.807, 2.05) is 36.4 Å². The zero-order valence-corrected chi connectivity index (χ0v) is 16.3. The lowest BCUT2D eigenvalue weighted by atomic mass is 10.2. The van der Waals surface area contributed by atoms with E-state index < -0.39 is 10.0 Å². The number of ether oxygens (including phenoxy) is 1. The van der Waals surface area contributed by atoms with E-state index in [1.165, 1.54) is 0 Å². The average Bonchev–Trinajstić information content (AvgIpc) is 2.62. The second-order valence-electron chi connectivity index (χ2n) is 5.55. The molecular formula is C17H19IN2O3S. The summed E-state index contributed by atoms with van der Waals surface area (Å²) in [5, 5.41) is 0.